The van der Waals surface area contributed by atoms with E-state index in [1.807, 2.05) is 0 Å². The largest absolute Gasteiger partial charge is 4.00 e. The van der Waals surface area contributed by atoms with Gasteiger partial charge in [-0.2, -0.15) is 0 Å². The summed E-state index contributed by atoms with van der Waals surface area (Å²) in [6.45, 7) is 0. The zero-order valence-corrected chi connectivity index (χ0v) is 11.0. The molecule has 0 saturated heterocycles. The first kappa shape index (κ1) is 22.3. The molecule has 0 unspecified atom stereocenters. The van der Waals surface area contributed by atoms with E-state index in [1.54, 1.807) is 0 Å². The van der Waals surface area contributed by atoms with Crippen LogP contribution in [0.2, 0.25) is 0 Å². The van der Waals surface area contributed by atoms with Gasteiger partial charge in [0.25, 0.3) is 0 Å². The van der Waals surface area contributed by atoms with E-state index in [4.69, 9.17) is 0 Å². The van der Waals surface area contributed by atoms with Gasteiger partial charge in [-0.05, 0) is 38.5 Å². The van der Waals surface area contributed by atoms with Crippen LogP contribution in [-0.4, -0.2) is 34.8 Å². The number of aliphatic carboxylic acids is 4. The standard InChI is InChI=1S/2C5H8O4.Si/c2*6-4(7)2-1-3-5(8)9;/h2*1-3H2,(H,6,7)(H,8,9);/q;;+4/p-4. The first-order chi connectivity index (χ1) is 8.25. The number of carboxylic acid groups (broad SMARTS) is 4. The Bertz CT molecular complexity index is 244. The third kappa shape index (κ3) is 31.4. The van der Waals surface area contributed by atoms with E-state index in [0.29, 0.717) is 0 Å². The second-order valence-electron chi connectivity index (χ2n) is 3.20. The van der Waals surface area contributed by atoms with Gasteiger partial charge in [0.1, 0.15) is 0 Å². The molecule has 0 heterocycles. The van der Waals surface area contributed by atoms with Crippen LogP contribution in [0.3, 0.4) is 0 Å². The fraction of sp³-hybridized carbons (Fsp3) is 0.600. The Hall–Kier alpha value is -1.90. The third-order valence-corrected chi connectivity index (χ3v) is 1.52. The maximum atomic E-state index is 9.66. The molecule has 0 aliphatic rings. The number of hydrogen-bond acceptors (Lipinski definition) is 8. The molecule has 0 fully saturated rings. The Labute approximate surface area is 114 Å². The predicted octanol–water partition coefficient (Wildman–Crippen LogP) is -5.07. The van der Waals surface area contributed by atoms with Crippen LogP contribution in [0, 0.1) is 0 Å². The van der Waals surface area contributed by atoms with Crippen LogP contribution in [0.5, 0.6) is 0 Å². The van der Waals surface area contributed by atoms with E-state index >= 15 is 0 Å². The molecule has 0 atom stereocenters. The van der Waals surface area contributed by atoms with Crippen molar-refractivity contribution in [3.63, 3.8) is 0 Å². The molecule has 0 bridgehead atoms. The molecular formula is C10H12O8Si. The minimum Gasteiger partial charge on any atom is -0.550 e. The third-order valence-electron chi connectivity index (χ3n) is 1.52. The summed E-state index contributed by atoms with van der Waals surface area (Å²) in [4.78, 5) is 38.6. The van der Waals surface area contributed by atoms with Gasteiger partial charge in [0.2, 0.25) is 0 Å². The fourth-order valence-electron chi connectivity index (χ4n) is 0.754. The van der Waals surface area contributed by atoms with Crippen LogP contribution in [0.25, 0.3) is 0 Å². The van der Waals surface area contributed by atoms with Crippen molar-refractivity contribution in [2.24, 2.45) is 0 Å². The molecule has 19 heavy (non-hydrogen) atoms. The Balaban J connectivity index is -0.000000256. The van der Waals surface area contributed by atoms with Crippen LogP contribution in [0.1, 0.15) is 38.5 Å². The summed E-state index contributed by atoms with van der Waals surface area (Å²) in [5.41, 5.74) is 0. The van der Waals surface area contributed by atoms with E-state index in [9.17, 15) is 39.6 Å². The Morgan fingerprint density at radius 3 is 0.789 bits per heavy atom. The molecule has 9 heteroatoms. The molecule has 0 radical (unpaired) electrons. The number of carboxylic acids is 4. The number of carbonyl (C=O) groups excluding carboxylic acids is 4. The van der Waals surface area contributed by atoms with Crippen molar-refractivity contribution in [2.75, 3.05) is 0 Å². The molecule has 0 N–H and O–H groups in total. The van der Waals surface area contributed by atoms with Crippen molar-refractivity contribution >= 4 is 34.8 Å². The van der Waals surface area contributed by atoms with Gasteiger partial charge < -0.3 is 39.6 Å². The first-order valence-electron chi connectivity index (χ1n) is 5.05. The van der Waals surface area contributed by atoms with E-state index in [2.05, 4.69) is 0 Å². The monoisotopic (exact) mass is 288 g/mol. The topological polar surface area (TPSA) is 161 Å². The Kier molecular flexibility index (Phi) is 16.6. The SMILES string of the molecule is O=C([O-])CCCC(=O)[O-].O=C([O-])CCCC(=O)[O-].[Si+4]. The predicted molar refractivity (Wildman–Crippen MR) is 53.5 cm³/mol. The summed E-state index contributed by atoms with van der Waals surface area (Å²) in [5.74, 6) is -4.90. The second kappa shape index (κ2) is 14.2. The van der Waals surface area contributed by atoms with E-state index < -0.39 is 23.9 Å². The Morgan fingerprint density at radius 1 is 0.526 bits per heavy atom. The van der Waals surface area contributed by atoms with Crippen molar-refractivity contribution in [1.82, 2.24) is 0 Å². The van der Waals surface area contributed by atoms with Crippen LogP contribution >= 0.6 is 0 Å². The maximum Gasteiger partial charge on any atom is 4.00 e. The van der Waals surface area contributed by atoms with Crippen molar-refractivity contribution in [3.8, 4) is 0 Å². The minimum atomic E-state index is -1.23. The molecule has 0 rings (SSSR count). The van der Waals surface area contributed by atoms with Crippen LogP contribution in [0.15, 0.2) is 0 Å². The second-order valence-corrected chi connectivity index (χ2v) is 3.20. The number of rotatable bonds is 8. The molecule has 104 valence electrons. The van der Waals surface area contributed by atoms with Gasteiger partial charge in [-0.25, -0.2) is 0 Å². The number of carbonyl (C=O) groups is 4. The molecule has 0 spiro atoms. The fourth-order valence-corrected chi connectivity index (χ4v) is 0.754. The van der Waals surface area contributed by atoms with Gasteiger partial charge in [0, 0.05) is 23.9 Å². The molecule has 0 saturated carbocycles. The summed E-state index contributed by atoms with van der Waals surface area (Å²) in [7, 11) is 0. The van der Waals surface area contributed by atoms with E-state index in [0.717, 1.165) is 0 Å². The van der Waals surface area contributed by atoms with Gasteiger partial charge in [0.15, 0.2) is 0 Å². The van der Waals surface area contributed by atoms with Gasteiger partial charge >= 0.3 is 11.0 Å². The molecule has 0 aliphatic carbocycles. The summed E-state index contributed by atoms with van der Waals surface area (Å²) in [6.07, 6.45) is -0.681. The van der Waals surface area contributed by atoms with Crippen molar-refractivity contribution in [1.29, 1.82) is 0 Å². The van der Waals surface area contributed by atoms with Crippen LogP contribution in [-0.2, 0) is 19.2 Å². The molecule has 0 aromatic rings. The normalized spacial score (nSPS) is 8.42. The van der Waals surface area contributed by atoms with Crippen LogP contribution < -0.4 is 20.4 Å². The molecule has 0 amide bonds. The van der Waals surface area contributed by atoms with Gasteiger partial charge in [-0.3, -0.25) is 0 Å². The summed E-state index contributed by atoms with van der Waals surface area (Å²) in [5, 5.41) is 38.6. The van der Waals surface area contributed by atoms with E-state index in [1.165, 1.54) is 0 Å². The molecule has 0 aromatic heterocycles. The molecule has 0 aromatic carbocycles. The summed E-state index contributed by atoms with van der Waals surface area (Å²) in [6, 6.07) is 0. The molecule has 0 aliphatic heterocycles. The quantitative estimate of drug-likeness (QED) is 0.401. The van der Waals surface area contributed by atoms with Crippen molar-refractivity contribution < 1.29 is 39.6 Å². The summed E-state index contributed by atoms with van der Waals surface area (Å²) < 4.78 is 0. The van der Waals surface area contributed by atoms with Gasteiger partial charge in [-0.15, -0.1) is 0 Å². The first-order valence-corrected chi connectivity index (χ1v) is 5.05. The Morgan fingerprint density at radius 2 is 0.684 bits per heavy atom. The number of hydrogen-bond donors (Lipinski definition) is 0. The average molecular weight is 288 g/mol. The molecule has 8 nitrogen and oxygen atoms in total. The zero-order chi connectivity index (χ0) is 14.6. The van der Waals surface area contributed by atoms with Gasteiger partial charge in [-0.1, -0.05) is 0 Å². The zero-order valence-electron chi connectivity index (χ0n) is 10.0. The minimum absolute atomic E-state index is 0. The smallest absolute Gasteiger partial charge is 0.550 e. The van der Waals surface area contributed by atoms with Crippen LogP contribution in [0.4, 0.5) is 0 Å². The maximum absolute atomic E-state index is 9.66. The van der Waals surface area contributed by atoms with Gasteiger partial charge in [0.05, 0.1) is 0 Å². The molecular weight excluding hydrogens is 276 g/mol. The average Bonchev–Trinajstić information content (AvgIpc) is 2.15. The summed E-state index contributed by atoms with van der Waals surface area (Å²) >= 11 is 0. The van der Waals surface area contributed by atoms with Crippen molar-refractivity contribution in [2.45, 2.75) is 38.5 Å². The van der Waals surface area contributed by atoms with Crippen molar-refractivity contribution in [3.05, 3.63) is 0 Å². The van der Waals surface area contributed by atoms with E-state index in [-0.39, 0.29) is 49.5 Å².